The van der Waals surface area contributed by atoms with E-state index in [0.29, 0.717) is 6.42 Å². The fourth-order valence-electron chi connectivity index (χ4n) is 1.41. The number of ether oxygens (including phenoxy) is 1. The van der Waals surface area contributed by atoms with Gasteiger partial charge >= 0.3 is 6.09 Å². The summed E-state index contributed by atoms with van der Waals surface area (Å²) in [6, 6.07) is 5.14. The SMILES string of the molecule is CC(C)(C)OC(=O)NC(CO)Cc1ccccn1. The molecule has 0 fully saturated rings. The van der Waals surface area contributed by atoms with E-state index in [9.17, 15) is 9.90 Å². The highest BCUT2D eigenvalue weighted by molar-refractivity contribution is 5.68. The number of alkyl carbamates (subject to hydrolysis) is 1. The fourth-order valence-corrected chi connectivity index (χ4v) is 1.41. The Hall–Kier alpha value is -1.62. The summed E-state index contributed by atoms with van der Waals surface area (Å²) >= 11 is 0. The molecule has 0 aliphatic rings. The van der Waals surface area contributed by atoms with E-state index in [-0.39, 0.29) is 6.61 Å². The first-order valence-corrected chi connectivity index (χ1v) is 5.91. The number of hydrogen-bond donors (Lipinski definition) is 2. The van der Waals surface area contributed by atoms with E-state index in [2.05, 4.69) is 10.3 Å². The predicted molar refractivity (Wildman–Crippen MR) is 68.2 cm³/mol. The lowest BCUT2D eigenvalue weighted by Crippen LogP contribution is -2.42. The molecule has 100 valence electrons. The van der Waals surface area contributed by atoms with Gasteiger partial charge in [-0.15, -0.1) is 0 Å². The molecule has 0 bridgehead atoms. The van der Waals surface area contributed by atoms with Crippen molar-refractivity contribution in [2.24, 2.45) is 0 Å². The Morgan fingerprint density at radius 2 is 2.22 bits per heavy atom. The van der Waals surface area contributed by atoms with Crippen LogP contribution in [0, 0.1) is 0 Å². The monoisotopic (exact) mass is 252 g/mol. The summed E-state index contributed by atoms with van der Waals surface area (Å²) in [7, 11) is 0. The van der Waals surface area contributed by atoms with Gasteiger partial charge in [-0.2, -0.15) is 0 Å². The minimum Gasteiger partial charge on any atom is -0.444 e. The zero-order valence-electron chi connectivity index (χ0n) is 11.0. The lowest BCUT2D eigenvalue weighted by atomic mass is 10.1. The summed E-state index contributed by atoms with van der Waals surface area (Å²) in [6.45, 7) is 5.22. The maximum absolute atomic E-state index is 11.6. The minimum absolute atomic E-state index is 0.157. The lowest BCUT2D eigenvalue weighted by molar-refractivity contribution is 0.0482. The van der Waals surface area contributed by atoms with Gasteiger partial charge < -0.3 is 15.2 Å². The average molecular weight is 252 g/mol. The molecule has 1 unspecified atom stereocenters. The van der Waals surface area contributed by atoms with Crippen molar-refractivity contribution in [3.63, 3.8) is 0 Å². The van der Waals surface area contributed by atoms with Crippen LogP contribution in [-0.4, -0.2) is 34.4 Å². The molecule has 0 aliphatic heterocycles. The number of carbonyl (C=O) groups excluding carboxylic acids is 1. The maximum Gasteiger partial charge on any atom is 0.407 e. The lowest BCUT2D eigenvalue weighted by Gasteiger charge is -2.22. The van der Waals surface area contributed by atoms with E-state index in [1.807, 2.05) is 18.2 Å². The predicted octanol–water partition coefficient (Wildman–Crippen LogP) is 1.51. The maximum atomic E-state index is 11.6. The van der Waals surface area contributed by atoms with Crippen LogP contribution in [0.3, 0.4) is 0 Å². The van der Waals surface area contributed by atoms with Crippen LogP contribution in [0.1, 0.15) is 26.5 Å². The molecule has 0 aromatic carbocycles. The zero-order valence-corrected chi connectivity index (χ0v) is 11.0. The number of nitrogens with zero attached hydrogens (tertiary/aromatic N) is 1. The van der Waals surface area contributed by atoms with E-state index in [1.165, 1.54) is 0 Å². The molecule has 0 saturated heterocycles. The number of aromatic nitrogens is 1. The van der Waals surface area contributed by atoms with Crippen LogP contribution >= 0.6 is 0 Å². The summed E-state index contributed by atoms with van der Waals surface area (Å²) < 4.78 is 5.13. The largest absolute Gasteiger partial charge is 0.444 e. The van der Waals surface area contributed by atoms with Crippen LogP contribution < -0.4 is 5.32 Å². The van der Waals surface area contributed by atoms with Crippen molar-refractivity contribution in [2.45, 2.75) is 38.8 Å². The minimum atomic E-state index is -0.547. The summed E-state index contributed by atoms with van der Waals surface area (Å²) in [6.07, 6.45) is 1.62. The molecule has 1 amide bonds. The van der Waals surface area contributed by atoms with Gasteiger partial charge in [-0.05, 0) is 32.9 Å². The highest BCUT2D eigenvalue weighted by Crippen LogP contribution is 2.07. The van der Waals surface area contributed by atoms with Gasteiger partial charge in [-0.25, -0.2) is 4.79 Å². The third-order valence-electron chi connectivity index (χ3n) is 2.12. The van der Waals surface area contributed by atoms with Gasteiger partial charge in [-0.1, -0.05) is 6.07 Å². The van der Waals surface area contributed by atoms with Crippen molar-refractivity contribution in [1.82, 2.24) is 10.3 Å². The van der Waals surface area contributed by atoms with E-state index in [0.717, 1.165) is 5.69 Å². The van der Waals surface area contributed by atoms with E-state index in [1.54, 1.807) is 27.0 Å². The Morgan fingerprint density at radius 1 is 1.50 bits per heavy atom. The molecule has 1 heterocycles. The fraction of sp³-hybridized carbons (Fsp3) is 0.538. The van der Waals surface area contributed by atoms with E-state index in [4.69, 9.17) is 4.74 Å². The molecule has 1 atom stereocenters. The van der Waals surface area contributed by atoms with Crippen LogP contribution in [0.2, 0.25) is 0 Å². The van der Waals surface area contributed by atoms with Crippen LogP contribution in [0.4, 0.5) is 4.79 Å². The summed E-state index contributed by atoms with van der Waals surface area (Å²) in [4.78, 5) is 15.7. The van der Waals surface area contributed by atoms with Gasteiger partial charge in [0.15, 0.2) is 0 Å². The molecule has 5 nitrogen and oxygen atoms in total. The molecule has 0 radical (unpaired) electrons. The highest BCUT2D eigenvalue weighted by Gasteiger charge is 2.19. The Kier molecular flexibility index (Phi) is 5.09. The van der Waals surface area contributed by atoms with Crippen molar-refractivity contribution in [1.29, 1.82) is 0 Å². The number of hydrogen-bond acceptors (Lipinski definition) is 4. The van der Waals surface area contributed by atoms with Crippen molar-refractivity contribution >= 4 is 6.09 Å². The van der Waals surface area contributed by atoms with Gasteiger partial charge in [0.2, 0.25) is 0 Å². The van der Waals surface area contributed by atoms with Crippen LogP contribution in [-0.2, 0) is 11.2 Å². The molecular formula is C13H20N2O3. The van der Waals surface area contributed by atoms with Crippen molar-refractivity contribution in [3.05, 3.63) is 30.1 Å². The van der Waals surface area contributed by atoms with E-state index < -0.39 is 17.7 Å². The number of pyridine rings is 1. The summed E-state index contributed by atoms with van der Waals surface area (Å²) in [5, 5.41) is 11.9. The van der Waals surface area contributed by atoms with Crippen LogP contribution in [0.15, 0.2) is 24.4 Å². The van der Waals surface area contributed by atoms with Gasteiger partial charge in [-0.3, -0.25) is 4.98 Å². The Bertz CT molecular complexity index is 374. The summed E-state index contributed by atoms with van der Waals surface area (Å²) in [5.74, 6) is 0. The Labute approximate surface area is 107 Å². The Balaban J connectivity index is 2.50. The number of amides is 1. The molecule has 5 heteroatoms. The second-order valence-corrected chi connectivity index (χ2v) is 5.05. The second-order valence-electron chi connectivity index (χ2n) is 5.05. The molecular weight excluding hydrogens is 232 g/mol. The number of rotatable bonds is 4. The van der Waals surface area contributed by atoms with Crippen LogP contribution in [0.25, 0.3) is 0 Å². The smallest absolute Gasteiger partial charge is 0.407 e. The van der Waals surface area contributed by atoms with Gasteiger partial charge in [0.1, 0.15) is 5.60 Å². The standard InChI is InChI=1S/C13H20N2O3/c1-13(2,3)18-12(17)15-11(9-16)8-10-6-4-5-7-14-10/h4-7,11,16H,8-9H2,1-3H3,(H,15,17). The number of nitrogens with one attached hydrogen (secondary N) is 1. The van der Waals surface area contributed by atoms with Crippen molar-refractivity contribution in [2.75, 3.05) is 6.61 Å². The number of aliphatic hydroxyl groups is 1. The molecule has 0 saturated carbocycles. The normalized spacial score (nSPS) is 12.9. The van der Waals surface area contributed by atoms with Crippen LogP contribution in [0.5, 0.6) is 0 Å². The molecule has 1 aromatic heterocycles. The first-order chi connectivity index (χ1) is 8.40. The van der Waals surface area contributed by atoms with Crippen molar-refractivity contribution < 1.29 is 14.6 Å². The third-order valence-corrected chi connectivity index (χ3v) is 2.12. The summed E-state index contributed by atoms with van der Waals surface area (Å²) in [5.41, 5.74) is 0.266. The quantitative estimate of drug-likeness (QED) is 0.852. The highest BCUT2D eigenvalue weighted by atomic mass is 16.6. The van der Waals surface area contributed by atoms with Crippen molar-refractivity contribution in [3.8, 4) is 0 Å². The first-order valence-electron chi connectivity index (χ1n) is 5.91. The number of aliphatic hydroxyl groups excluding tert-OH is 1. The second kappa shape index (κ2) is 6.35. The van der Waals surface area contributed by atoms with Gasteiger partial charge in [0.05, 0.1) is 12.6 Å². The molecule has 1 rings (SSSR count). The van der Waals surface area contributed by atoms with Gasteiger partial charge in [0.25, 0.3) is 0 Å². The Morgan fingerprint density at radius 3 is 2.72 bits per heavy atom. The first kappa shape index (κ1) is 14.4. The molecule has 0 spiro atoms. The molecule has 0 aliphatic carbocycles. The van der Waals surface area contributed by atoms with Gasteiger partial charge in [0, 0.05) is 18.3 Å². The molecule has 2 N–H and O–H groups in total. The molecule has 18 heavy (non-hydrogen) atoms. The topological polar surface area (TPSA) is 71.5 Å². The average Bonchev–Trinajstić information content (AvgIpc) is 2.27. The molecule has 1 aromatic rings. The zero-order chi connectivity index (χ0) is 13.6. The third kappa shape index (κ3) is 5.63. The van der Waals surface area contributed by atoms with E-state index >= 15 is 0 Å². The number of carbonyl (C=O) groups is 1.